The Morgan fingerprint density at radius 2 is 1.81 bits per heavy atom. The van der Waals surface area contributed by atoms with Gasteiger partial charge in [0.05, 0.1) is 5.69 Å². The van der Waals surface area contributed by atoms with Crippen molar-refractivity contribution in [1.82, 2.24) is 0 Å². The van der Waals surface area contributed by atoms with Crippen LogP contribution in [-0.2, 0) is 4.79 Å². The Labute approximate surface area is 122 Å². The van der Waals surface area contributed by atoms with E-state index in [1.807, 2.05) is 12.1 Å². The number of ketones is 1. The molecule has 21 heavy (non-hydrogen) atoms. The number of para-hydroxylation sites is 2. The highest BCUT2D eigenvalue weighted by molar-refractivity contribution is 6.08. The van der Waals surface area contributed by atoms with Crippen LogP contribution in [0.5, 0.6) is 5.75 Å². The topological polar surface area (TPSA) is 55.4 Å². The van der Waals surface area contributed by atoms with E-state index in [4.69, 9.17) is 4.74 Å². The fourth-order valence-electron chi connectivity index (χ4n) is 2.07. The van der Waals surface area contributed by atoms with Crippen molar-refractivity contribution < 1.29 is 14.3 Å². The third kappa shape index (κ3) is 2.69. The fraction of sp³-hybridized carbons (Fsp3) is 0.0588. The summed E-state index contributed by atoms with van der Waals surface area (Å²) >= 11 is 0. The van der Waals surface area contributed by atoms with Crippen LogP contribution >= 0.6 is 0 Å². The molecule has 0 atom stereocenters. The zero-order valence-corrected chi connectivity index (χ0v) is 11.4. The molecule has 0 aromatic heterocycles. The molecule has 1 amide bonds. The van der Waals surface area contributed by atoms with Gasteiger partial charge in [0.1, 0.15) is 0 Å². The minimum Gasteiger partial charge on any atom is -0.449 e. The number of fused-ring (bicyclic) bond motifs is 1. The van der Waals surface area contributed by atoms with Gasteiger partial charge in [-0.15, -0.1) is 0 Å². The van der Waals surface area contributed by atoms with Gasteiger partial charge in [-0.2, -0.15) is 0 Å². The Morgan fingerprint density at radius 3 is 2.52 bits per heavy atom. The van der Waals surface area contributed by atoms with Gasteiger partial charge >= 0.3 is 0 Å². The van der Waals surface area contributed by atoms with E-state index in [9.17, 15) is 9.59 Å². The lowest BCUT2D eigenvalue weighted by Gasteiger charge is -2.19. The van der Waals surface area contributed by atoms with Crippen LogP contribution in [0.2, 0.25) is 0 Å². The highest BCUT2D eigenvalue weighted by Crippen LogP contribution is 2.30. The molecule has 0 unspecified atom stereocenters. The molecular formula is C17H13NO3. The first-order valence-electron chi connectivity index (χ1n) is 6.54. The van der Waals surface area contributed by atoms with Gasteiger partial charge in [-0.25, -0.2) is 0 Å². The summed E-state index contributed by atoms with van der Waals surface area (Å²) in [5.41, 5.74) is 2.09. The van der Waals surface area contributed by atoms with Gasteiger partial charge in [0.25, 0.3) is 5.91 Å². The molecule has 2 aromatic rings. The third-order valence-electron chi connectivity index (χ3n) is 3.19. The maximum absolute atomic E-state index is 12.0. The summed E-state index contributed by atoms with van der Waals surface area (Å²) in [6, 6.07) is 14.3. The summed E-state index contributed by atoms with van der Waals surface area (Å²) in [4.78, 5) is 23.2. The molecule has 0 saturated heterocycles. The van der Waals surface area contributed by atoms with Crippen molar-refractivity contribution in [2.45, 2.75) is 6.92 Å². The molecule has 104 valence electrons. The van der Waals surface area contributed by atoms with Crippen LogP contribution in [0, 0.1) is 0 Å². The van der Waals surface area contributed by atoms with Crippen LogP contribution in [0.15, 0.2) is 54.3 Å². The smallest absolute Gasteiger partial charge is 0.291 e. The van der Waals surface area contributed by atoms with Crippen LogP contribution < -0.4 is 10.1 Å². The van der Waals surface area contributed by atoms with Crippen LogP contribution in [0.1, 0.15) is 22.8 Å². The number of ether oxygens (including phenoxy) is 1. The highest BCUT2D eigenvalue weighted by Gasteiger charge is 2.21. The van der Waals surface area contributed by atoms with E-state index >= 15 is 0 Å². The predicted molar refractivity (Wildman–Crippen MR) is 80.1 cm³/mol. The number of amides is 1. The number of benzene rings is 2. The zero-order chi connectivity index (χ0) is 14.8. The minimum atomic E-state index is -0.288. The van der Waals surface area contributed by atoms with Crippen molar-refractivity contribution in [3.8, 4) is 5.75 Å². The summed E-state index contributed by atoms with van der Waals surface area (Å²) in [6.45, 7) is 1.52. The Balaban J connectivity index is 1.90. The first-order valence-corrected chi connectivity index (χ1v) is 6.54. The largest absolute Gasteiger partial charge is 0.449 e. The molecule has 4 nitrogen and oxygen atoms in total. The SMILES string of the molecule is CC(=O)c1ccc(/C=C2\Oc3ccccc3NC2=O)cc1. The first kappa shape index (κ1) is 13.1. The quantitative estimate of drug-likeness (QED) is 0.678. The molecule has 0 saturated carbocycles. The van der Waals surface area contributed by atoms with Gasteiger partial charge < -0.3 is 10.1 Å². The van der Waals surface area contributed by atoms with Crippen molar-refractivity contribution in [2.24, 2.45) is 0 Å². The molecule has 1 aliphatic heterocycles. The molecule has 3 rings (SSSR count). The molecule has 1 heterocycles. The van der Waals surface area contributed by atoms with Crippen LogP contribution in [0.3, 0.4) is 0 Å². The lowest BCUT2D eigenvalue weighted by molar-refractivity contribution is -0.115. The summed E-state index contributed by atoms with van der Waals surface area (Å²) in [7, 11) is 0. The van der Waals surface area contributed by atoms with Gasteiger partial charge in [0.15, 0.2) is 17.3 Å². The summed E-state index contributed by atoms with van der Waals surface area (Å²) in [6.07, 6.45) is 1.65. The lowest BCUT2D eigenvalue weighted by atomic mass is 10.1. The van der Waals surface area contributed by atoms with Crippen molar-refractivity contribution in [1.29, 1.82) is 0 Å². The highest BCUT2D eigenvalue weighted by atomic mass is 16.5. The van der Waals surface area contributed by atoms with E-state index < -0.39 is 0 Å². The van der Waals surface area contributed by atoms with Gasteiger partial charge in [0.2, 0.25) is 0 Å². The van der Waals surface area contributed by atoms with Gasteiger partial charge in [-0.3, -0.25) is 9.59 Å². The number of rotatable bonds is 2. The second-order valence-corrected chi connectivity index (χ2v) is 4.74. The van der Waals surface area contributed by atoms with Crippen LogP contribution in [0.4, 0.5) is 5.69 Å². The number of nitrogens with one attached hydrogen (secondary N) is 1. The van der Waals surface area contributed by atoms with E-state index in [1.165, 1.54) is 6.92 Å². The number of anilines is 1. The third-order valence-corrected chi connectivity index (χ3v) is 3.19. The molecule has 0 radical (unpaired) electrons. The monoisotopic (exact) mass is 279 g/mol. The van der Waals surface area contributed by atoms with Crippen molar-refractivity contribution >= 4 is 23.5 Å². The summed E-state index contributed by atoms with van der Waals surface area (Å²) in [5, 5.41) is 2.77. The van der Waals surface area contributed by atoms with Crippen molar-refractivity contribution in [3.63, 3.8) is 0 Å². The van der Waals surface area contributed by atoms with Gasteiger partial charge in [-0.1, -0.05) is 36.4 Å². The molecule has 2 aromatic carbocycles. The lowest BCUT2D eigenvalue weighted by Crippen LogP contribution is -2.23. The predicted octanol–water partition coefficient (Wildman–Crippen LogP) is 3.26. The summed E-state index contributed by atoms with van der Waals surface area (Å²) in [5.74, 6) is 0.562. The standard InChI is InChI=1S/C17H13NO3/c1-11(19)13-8-6-12(7-9-13)10-16-17(20)18-14-4-2-3-5-15(14)21-16/h2-10H,1H3,(H,18,20)/b16-10-. The van der Waals surface area contributed by atoms with Crippen LogP contribution in [-0.4, -0.2) is 11.7 Å². The fourth-order valence-corrected chi connectivity index (χ4v) is 2.07. The van der Waals surface area contributed by atoms with Gasteiger partial charge in [0, 0.05) is 5.56 Å². The molecule has 0 spiro atoms. The normalized spacial score (nSPS) is 15.1. The van der Waals surface area contributed by atoms with Crippen molar-refractivity contribution in [2.75, 3.05) is 5.32 Å². The molecule has 4 heteroatoms. The summed E-state index contributed by atoms with van der Waals surface area (Å²) < 4.78 is 5.61. The average Bonchev–Trinajstić information content (AvgIpc) is 2.48. The van der Waals surface area contributed by atoms with E-state index in [0.717, 1.165) is 5.56 Å². The Morgan fingerprint density at radius 1 is 1.10 bits per heavy atom. The van der Waals surface area contributed by atoms with E-state index in [1.54, 1.807) is 42.5 Å². The maximum Gasteiger partial charge on any atom is 0.291 e. The number of hydrogen-bond donors (Lipinski definition) is 1. The second kappa shape index (κ2) is 5.25. The van der Waals surface area contributed by atoms with Gasteiger partial charge in [-0.05, 0) is 30.7 Å². The molecule has 1 N–H and O–H groups in total. The average molecular weight is 279 g/mol. The molecule has 1 aliphatic rings. The molecule has 0 aliphatic carbocycles. The molecule has 0 bridgehead atoms. The van der Waals surface area contributed by atoms with E-state index in [0.29, 0.717) is 17.0 Å². The maximum atomic E-state index is 12.0. The van der Waals surface area contributed by atoms with Crippen LogP contribution in [0.25, 0.3) is 6.08 Å². The van der Waals surface area contributed by atoms with E-state index in [-0.39, 0.29) is 17.4 Å². The first-order chi connectivity index (χ1) is 10.1. The Bertz CT molecular complexity index is 745. The number of Topliss-reactive ketones (excluding diaryl/α,β-unsaturated/α-hetero) is 1. The number of carbonyl (C=O) groups is 2. The van der Waals surface area contributed by atoms with Crippen molar-refractivity contribution in [3.05, 3.63) is 65.4 Å². The Hall–Kier alpha value is -2.88. The minimum absolute atomic E-state index is 0.00906. The number of hydrogen-bond acceptors (Lipinski definition) is 3. The number of carbonyl (C=O) groups excluding carboxylic acids is 2. The molecule has 0 fully saturated rings. The second-order valence-electron chi connectivity index (χ2n) is 4.74. The molecular weight excluding hydrogens is 266 g/mol. The van der Waals surface area contributed by atoms with E-state index in [2.05, 4.69) is 5.32 Å². The zero-order valence-electron chi connectivity index (χ0n) is 11.4. The Kier molecular flexibility index (Phi) is 3.28.